The van der Waals surface area contributed by atoms with E-state index in [0.717, 1.165) is 13.0 Å². The summed E-state index contributed by atoms with van der Waals surface area (Å²) in [5, 5.41) is 3.12. The molecular formula is C16H27N3O. The van der Waals surface area contributed by atoms with Crippen molar-refractivity contribution >= 4 is 5.91 Å². The number of likely N-dealkylation sites (N-methyl/N-ethyl adjacent to an activating group) is 1. The molecule has 112 valence electrons. The van der Waals surface area contributed by atoms with Gasteiger partial charge in [0.2, 0.25) is 5.91 Å². The standard InChI is InChI=1S/C16H27N3O/c1-12(13(2)17)16(20)18-15(11-19(3)4)10-14-8-6-5-7-9-14/h5-9,12-13,15H,10-11,17H2,1-4H3,(H,18,20). The summed E-state index contributed by atoms with van der Waals surface area (Å²) in [5.74, 6) is -0.141. The van der Waals surface area contributed by atoms with Crippen LogP contribution in [0.1, 0.15) is 19.4 Å². The molecule has 4 nitrogen and oxygen atoms in total. The normalized spacial score (nSPS) is 15.7. The molecule has 0 saturated carbocycles. The molecule has 3 unspecified atom stereocenters. The lowest BCUT2D eigenvalue weighted by Gasteiger charge is -2.25. The lowest BCUT2D eigenvalue weighted by molar-refractivity contribution is -0.125. The first-order valence-electron chi connectivity index (χ1n) is 7.14. The zero-order valence-electron chi connectivity index (χ0n) is 13.0. The fraction of sp³-hybridized carbons (Fsp3) is 0.562. The molecule has 0 bridgehead atoms. The first-order chi connectivity index (χ1) is 9.40. The Morgan fingerprint density at radius 1 is 1.25 bits per heavy atom. The van der Waals surface area contributed by atoms with Crippen LogP contribution in [0, 0.1) is 5.92 Å². The van der Waals surface area contributed by atoms with Gasteiger partial charge in [0.05, 0.1) is 0 Å². The number of benzene rings is 1. The monoisotopic (exact) mass is 277 g/mol. The molecule has 3 N–H and O–H groups in total. The van der Waals surface area contributed by atoms with Crippen LogP contribution in [0.4, 0.5) is 0 Å². The summed E-state index contributed by atoms with van der Waals surface area (Å²) in [6.07, 6.45) is 0.830. The van der Waals surface area contributed by atoms with Crippen molar-refractivity contribution in [1.29, 1.82) is 0 Å². The maximum atomic E-state index is 12.2. The van der Waals surface area contributed by atoms with E-state index in [1.54, 1.807) is 0 Å². The summed E-state index contributed by atoms with van der Waals surface area (Å²) < 4.78 is 0. The smallest absolute Gasteiger partial charge is 0.224 e. The van der Waals surface area contributed by atoms with Crippen LogP contribution in [-0.4, -0.2) is 43.5 Å². The number of amides is 1. The quantitative estimate of drug-likeness (QED) is 0.789. The number of nitrogens with zero attached hydrogens (tertiary/aromatic N) is 1. The van der Waals surface area contributed by atoms with Gasteiger partial charge in [-0.15, -0.1) is 0 Å². The minimum absolute atomic E-state index is 0.0304. The van der Waals surface area contributed by atoms with Crippen LogP contribution in [0.5, 0.6) is 0 Å². The average Bonchev–Trinajstić information content (AvgIpc) is 2.37. The third-order valence-electron chi connectivity index (χ3n) is 3.46. The van der Waals surface area contributed by atoms with Crippen molar-refractivity contribution < 1.29 is 4.79 Å². The predicted molar refractivity (Wildman–Crippen MR) is 83.4 cm³/mol. The molecule has 3 atom stereocenters. The van der Waals surface area contributed by atoms with E-state index >= 15 is 0 Å². The Bertz CT molecular complexity index is 403. The highest BCUT2D eigenvalue weighted by molar-refractivity contribution is 5.79. The van der Waals surface area contributed by atoms with Crippen LogP contribution < -0.4 is 11.1 Å². The van der Waals surface area contributed by atoms with Crippen LogP contribution in [0.25, 0.3) is 0 Å². The fourth-order valence-electron chi connectivity index (χ4n) is 2.07. The van der Waals surface area contributed by atoms with Crippen molar-refractivity contribution in [1.82, 2.24) is 10.2 Å². The Morgan fingerprint density at radius 3 is 2.35 bits per heavy atom. The van der Waals surface area contributed by atoms with Crippen LogP contribution in [0.2, 0.25) is 0 Å². The second-order valence-corrected chi connectivity index (χ2v) is 5.81. The number of hydrogen-bond donors (Lipinski definition) is 2. The van der Waals surface area contributed by atoms with Crippen LogP contribution >= 0.6 is 0 Å². The topological polar surface area (TPSA) is 58.4 Å². The molecule has 0 spiro atoms. The first kappa shape index (κ1) is 16.7. The molecule has 0 aliphatic heterocycles. The van der Waals surface area contributed by atoms with Crippen molar-refractivity contribution in [3.05, 3.63) is 35.9 Å². The van der Waals surface area contributed by atoms with E-state index in [9.17, 15) is 4.79 Å². The zero-order chi connectivity index (χ0) is 15.1. The largest absolute Gasteiger partial charge is 0.351 e. The lowest BCUT2D eigenvalue weighted by atomic mass is 10.0. The van der Waals surface area contributed by atoms with Gasteiger partial charge < -0.3 is 16.0 Å². The third kappa shape index (κ3) is 5.72. The molecule has 0 aromatic heterocycles. The SMILES string of the molecule is CC(N)C(C)C(=O)NC(Cc1ccccc1)CN(C)C. The van der Waals surface area contributed by atoms with Gasteiger partial charge in [-0.1, -0.05) is 37.3 Å². The number of carbonyl (C=O) groups excluding carboxylic acids is 1. The number of rotatable bonds is 7. The highest BCUT2D eigenvalue weighted by atomic mass is 16.2. The number of carbonyl (C=O) groups is 1. The van der Waals surface area contributed by atoms with Gasteiger partial charge >= 0.3 is 0 Å². The molecule has 4 heteroatoms. The highest BCUT2D eigenvalue weighted by Gasteiger charge is 2.21. The van der Waals surface area contributed by atoms with E-state index in [0.29, 0.717) is 0 Å². The zero-order valence-corrected chi connectivity index (χ0v) is 13.0. The second-order valence-electron chi connectivity index (χ2n) is 5.81. The Morgan fingerprint density at radius 2 is 1.85 bits per heavy atom. The van der Waals surface area contributed by atoms with E-state index in [1.807, 2.05) is 46.1 Å². The fourth-order valence-corrected chi connectivity index (χ4v) is 2.07. The van der Waals surface area contributed by atoms with Gasteiger partial charge in [0.1, 0.15) is 0 Å². The second kappa shape index (κ2) is 8.02. The molecule has 0 heterocycles. The Hall–Kier alpha value is -1.39. The maximum absolute atomic E-state index is 12.2. The van der Waals surface area contributed by atoms with Gasteiger partial charge in [0.25, 0.3) is 0 Å². The Labute approximate surface area is 122 Å². The highest BCUT2D eigenvalue weighted by Crippen LogP contribution is 2.06. The Balaban J connectivity index is 2.67. The molecular weight excluding hydrogens is 250 g/mol. The van der Waals surface area contributed by atoms with Gasteiger partial charge in [-0.05, 0) is 33.0 Å². The third-order valence-corrected chi connectivity index (χ3v) is 3.46. The summed E-state index contributed by atoms with van der Waals surface area (Å²) in [6.45, 7) is 4.55. The summed E-state index contributed by atoms with van der Waals surface area (Å²) in [4.78, 5) is 14.2. The predicted octanol–water partition coefficient (Wildman–Crippen LogP) is 1.26. The molecule has 0 fully saturated rings. The minimum Gasteiger partial charge on any atom is -0.351 e. The van der Waals surface area contributed by atoms with Gasteiger partial charge in [0.15, 0.2) is 0 Å². The van der Waals surface area contributed by atoms with Crippen molar-refractivity contribution in [2.24, 2.45) is 11.7 Å². The van der Waals surface area contributed by atoms with Crippen LogP contribution in [0.15, 0.2) is 30.3 Å². The average molecular weight is 277 g/mol. The van der Waals surface area contributed by atoms with E-state index in [2.05, 4.69) is 22.3 Å². The molecule has 0 aliphatic rings. The first-order valence-corrected chi connectivity index (χ1v) is 7.14. The van der Waals surface area contributed by atoms with Gasteiger partial charge in [-0.3, -0.25) is 4.79 Å². The van der Waals surface area contributed by atoms with E-state index < -0.39 is 0 Å². The van der Waals surface area contributed by atoms with Crippen LogP contribution in [-0.2, 0) is 11.2 Å². The molecule has 0 aliphatic carbocycles. The van der Waals surface area contributed by atoms with Crippen molar-refractivity contribution in [2.75, 3.05) is 20.6 Å². The summed E-state index contributed by atoms with van der Waals surface area (Å²) in [6, 6.07) is 10.2. The molecule has 0 saturated heterocycles. The number of nitrogens with one attached hydrogen (secondary N) is 1. The Kier molecular flexibility index (Phi) is 6.68. The number of nitrogens with two attached hydrogens (primary N) is 1. The summed E-state index contributed by atoms with van der Waals surface area (Å²) >= 11 is 0. The molecule has 1 amide bonds. The molecule has 1 rings (SSSR count). The number of hydrogen-bond acceptors (Lipinski definition) is 3. The summed E-state index contributed by atoms with van der Waals surface area (Å²) in [5.41, 5.74) is 7.02. The van der Waals surface area contributed by atoms with Crippen molar-refractivity contribution in [3.8, 4) is 0 Å². The van der Waals surface area contributed by atoms with Gasteiger partial charge in [-0.25, -0.2) is 0 Å². The van der Waals surface area contributed by atoms with Crippen molar-refractivity contribution in [2.45, 2.75) is 32.4 Å². The molecule has 0 radical (unpaired) electrons. The van der Waals surface area contributed by atoms with Crippen LogP contribution in [0.3, 0.4) is 0 Å². The van der Waals surface area contributed by atoms with E-state index in [4.69, 9.17) is 5.73 Å². The minimum atomic E-state index is -0.171. The van der Waals surface area contributed by atoms with Crippen molar-refractivity contribution in [3.63, 3.8) is 0 Å². The lowest BCUT2D eigenvalue weighted by Crippen LogP contribution is -2.47. The van der Waals surface area contributed by atoms with Gasteiger partial charge in [-0.2, -0.15) is 0 Å². The molecule has 1 aromatic rings. The molecule has 20 heavy (non-hydrogen) atoms. The maximum Gasteiger partial charge on any atom is 0.224 e. The molecule has 1 aromatic carbocycles. The summed E-state index contributed by atoms with van der Waals surface area (Å²) in [7, 11) is 4.03. The van der Waals surface area contributed by atoms with Gasteiger partial charge in [0, 0.05) is 24.5 Å². The van der Waals surface area contributed by atoms with E-state index in [1.165, 1.54) is 5.56 Å². The van der Waals surface area contributed by atoms with E-state index in [-0.39, 0.29) is 23.9 Å².